The molecule has 6 nitrogen and oxygen atoms in total. The highest BCUT2D eigenvalue weighted by Gasteiger charge is 2.45. The summed E-state index contributed by atoms with van der Waals surface area (Å²) in [6.07, 6.45) is -7.08. The van der Waals surface area contributed by atoms with E-state index in [-0.39, 0.29) is 9.39 Å². The number of hydrogen-bond acceptors (Lipinski definition) is 6. The zero-order valence-corrected chi connectivity index (χ0v) is 13.2. The zero-order valence-electron chi connectivity index (χ0n) is 11.0. The molecule has 1 aliphatic rings. The molecule has 0 bridgehead atoms. The van der Waals surface area contributed by atoms with Gasteiger partial charge < -0.3 is 14.9 Å². The molecule has 2 N–H and O–H groups in total. The van der Waals surface area contributed by atoms with Gasteiger partial charge in [-0.25, -0.2) is 9.88 Å². The minimum absolute atomic E-state index is 0.0660. The van der Waals surface area contributed by atoms with Gasteiger partial charge in [-0.1, -0.05) is 0 Å². The number of aromatic nitrogens is 1. The fraction of sp³-hybridized carbons (Fsp3) is 0.545. The molecule has 3 atom stereocenters. The summed E-state index contributed by atoms with van der Waals surface area (Å²) < 4.78 is 43.7. The highest BCUT2D eigenvalue weighted by atomic mass is 127. The lowest BCUT2D eigenvalue weighted by atomic mass is 10.2. The number of hydrogen-bond donors (Lipinski definition) is 2. The van der Waals surface area contributed by atoms with E-state index in [1.165, 1.54) is 41.6 Å². The second kappa shape index (κ2) is 5.83. The monoisotopic (exact) mass is 419 g/mol. The zero-order chi connectivity index (χ0) is 15.9. The standard InChI is InChI=1S/C11H13F3IN3O3/c1-17-9(21-2)8(19)18(10(17)20)7-3-5(11(12,13)14)6(15)4-16-7/h3-4,8-10,19-20H,1-2H3. The SMILES string of the molecule is COC1C(O)N(c2cc(C(F)(F)F)c(I)cn2)C(O)N1C. The van der Waals surface area contributed by atoms with Gasteiger partial charge in [-0.3, -0.25) is 4.90 Å². The van der Waals surface area contributed by atoms with Crippen LogP contribution in [0.4, 0.5) is 19.0 Å². The van der Waals surface area contributed by atoms with E-state index < -0.39 is 30.5 Å². The maximum Gasteiger partial charge on any atom is 0.417 e. The van der Waals surface area contributed by atoms with Crippen LogP contribution in [0.2, 0.25) is 0 Å². The van der Waals surface area contributed by atoms with E-state index in [1.54, 1.807) is 0 Å². The van der Waals surface area contributed by atoms with Crippen molar-refractivity contribution in [2.75, 3.05) is 19.1 Å². The van der Waals surface area contributed by atoms with Gasteiger partial charge in [0.25, 0.3) is 0 Å². The first-order valence-electron chi connectivity index (χ1n) is 5.80. The summed E-state index contributed by atoms with van der Waals surface area (Å²) in [5, 5.41) is 20.1. The Morgan fingerprint density at radius 3 is 2.48 bits per heavy atom. The van der Waals surface area contributed by atoms with Crippen LogP contribution in [-0.2, 0) is 10.9 Å². The van der Waals surface area contributed by atoms with Crippen LogP contribution in [-0.4, -0.2) is 53.1 Å². The fourth-order valence-electron chi connectivity index (χ4n) is 2.14. The summed E-state index contributed by atoms with van der Waals surface area (Å²) in [5.41, 5.74) is -0.879. The number of anilines is 1. The van der Waals surface area contributed by atoms with Crippen LogP contribution in [0.1, 0.15) is 5.56 Å². The molecule has 1 aromatic heterocycles. The molecule has 0 aromatic carbocycles. The number of rotatable bonds is 2. The molecule has 1 saturated heterocycles. The average molecular weight is 419 g/mol. The molecular formula is C11H13F3IN3O3. The van der Waals surface area contributed by atoms with E-state index in [9.17, 15) is 23.4 Å². The molecule has 1 fully saturated rings. The van der Waals surface area contributed by atoms with Crippen molar-refractivity contribution >= 4 is 28.4 Å². The third kappa shape index (κ3) is 2.95. The van der Waals surface area contributed by atoms with Gasteiger partial charge in [0, 0.05) is 16.9 Å². The maximum absolute atomic E-state index is 12.9. The van der Waals surface area contributed by atoms with Crippen molar-refractivity contribution < 1.29 is 28.1 Å². The smallest absolute Gasteiger partial charge is 0.369 e. The highest BCUT2D eigenvalue weighted by molar-refractivity contribution is 14.1. The van der Waals surface area contributed by atoms with Gasteiger partial charge in [0.15, 0.2) is 18.8 Å². The molecular weight excluding hydrogens is 406 g/mol. The largest absolute Gasteiger partial charge is 0.417 e. The minimum Gasteiger partial charge on any atom is -0.369 e. The predicted octanol–water partition coefficient (Wildman–Crippen LogP) is 1.02. The molecule has 1 aliphatic heterocycles. The van der Waals surface area contributed by atoms with Gasteiger partial charge in [0.1, 0.15) is 5.82 Å². The van der Waals surface area contributed by atoms with Gasteiger partial charge in [-0.05, 0) is 35.7 Å². The molecule has 0 amide bonds. The topological polar surface area (TPSA) is 69.1 Å². The Morgan fingerprint density at radius 2 is 2.00 bits per heavy atom. The number of aliphatic hydroxyl groups excluding tert-OH is 2. The Bertz CT molecular complexity index is 531. The van der Waals surface area contributed by atoms with Crippen molar-refractivity contribution in [2.45, 2.75) is 25.0 Å². The van der Waals surface area contributed by atoms with Crippen LogP contribution in [0.5, 0.6) is 0 Å². The second-order valence-electron chi connectivity index (χ2n) is 4.48. The number of alkyl halides is 3. The van der Waals surface area contributed by atoms with Crippen LogP contribution < -0.4 is 4.90 Å². The van der Waals surface area contributed by atoms with Crippen molar-refractivity contribution in [1.29, 1.82) is 0 Å². The highest BCUT2D eigenvalue weighted by Crippen LogP contribution is 2.36. The summed E-state index contributed by atoms with van der Waals surface area (Å²) in [6, 6.07) is 0.792. The molecule has 2 rings (SSSR count). The third-order valence-electron chi connectivity index (χ3n) is 3.21. The second-order valence-corrected chi connectivity index (χ2v) is 5.64. The quantitative estimate of drug-likeness (QED) is 0.699. The summed E-state index contributed by atoms with van der Waals surface area (Å²) in [5.74, 6) is -0.186. The Kier molecular flexibility index (Phi) is 4.63. The van der Waals surface area contributed by atoms with E-state index in [2.05, 4.69) is 4.98 Å². The molecule has 118 valence electrons. The summed E-state index contributed by atoms with van der Waals surface area (Å²) in [6.45, 7) is 0. The van der Waals surface area contributed by atoms with Crippen molar-refractivity contribution in [1.82, 2.24) is 9.88 Å². The maximum atomic E-state index is 12.9. The lowest BCUT2D eigenvalue weighted by molar-refractivity contribution is -0.138. The van der Waals surface area contributed by atoms with E-state index in [0.717, 1.165) is 17.2 Å². The number of pyridine rings is 1. The van der Waals surface area contributed by atoms with Crippen LogP contribution in [0.25, 0.3) is 0 Å². The van der Waals surface area contributed by atoms with Crippen LogP contribution >= 0.6 is 22.6 Å². The van der Waals surface area contributed by atoms with Gasteiger partial charge in [0.05, 0.1) is 5.56 Å². The van der Waals surface area contributed by atoms with Gasteiger partial charge in [-0.15, -0.1) is 0 Å². The Labute approximate surface area is 132 Å². The number of likely N-dealkylation sites (N-methyl/N-ethyl adjacent to an activating group) is 1. The minimum atomic E-state index is -4.55. The molecule has 0 radical (unpaired) electrons. The van der Waals surface area contributed by atoms with Gasteiger partial charge in [-0.2, -0.15) is 13.2 Å². The molecule has 1 aromatic rings. The fourth-order valence-corrected chi connectivity index (χ4v) is 2.74. The Morgan fingerprint density at radius 1 is 1.38 bits per heavy atom. The molecule has 2 heterocycles. The summed E-state index contributed by atoms with van der Waals surface area (Å²) in [7, 11) is 2.79. The first kappa shape index (κ1) is 16.7. The van der Waals surface area contributed by atoms with E-state index in [4.69, 9.17) is 4.74 Å². The number of aliphatic hydroxyl groups is 2. The third-order valence-corrected chi connectivity index (χ3v) is 4.07. The normalized spacial score (nSPS) is 27.4. The number of ether oxygens (including phenoxy) is 1. The summed E-state index contributed by atoms with van der Waals surface area (Å²) in [4.78, 5) is 6.09. The van der Waals surface area contributed by atoms with Crippen molar-refractivity contribution in [3.8, 4) is 0 Å². The number of halogens is 4. The lowest BCUT2D eigenvalue weighted by Gasteiger charge is -2.25. The molecule has 10 heteroatoms. The predicted molar refractivity (Wildman–Crippen MR) is 75.0 cm³/mol. The van der Waals surface area contributed by atoms with Crippen LogP contribution in [0.15, 0.2) is 12.3 Å². The lowest BCUT2D eigenvalue weighted by Crippen LogP contribution is -2.40. The van der Waals surface area contributed by atoms with Crippen LogP contribution in [0, 0.1) is 3.57 Å². The average Bonchev–Trinajstić information content (AvgIpc) is 2.60. The van der Waals surface area contributed by atoms with Crippen molar-refractivity contribution in [2.24, 2.45) is 0 Å². The Balaban J connectivity index is 2.43. The molecule has 0 aliphatic carbocycles. The van der Waals surface area contributed by atoms with Gasteiger partial charge in [0.2, 0.25) is 0 Å². The number of methoxy groups -OCH3 is 1. The number of nitrogens with zero attached hydrogens (tertiary/aromatic N) is 3. The molecule has 0 saturated carbocycles. The summed E-state index contributed by atoms with van der Waals surface area (Å²) >= 11 is 1.53. The molecule has 3 unspecified atom stereocenters. The van der Waals surface area contributed by atoms with E-state index >= 15 is 0 Å². The van der Waals surface area contributed by atoms with Crippen molar-refractivity contribution in [3.05, 3.63) is 21.4 Å². The van der Waals surface area contributed by atoms with Crippen molar-refractivity contribution in [3.63, 3.8) is 0 Å². The van der Waals surface area contributed by atoms with Crippen LogP contribution in [0.3, 0.4) is 0 Å². The molecule has 0 spiro atoms. The van der Waals surface area contributed by atoms with E-state index in [1.807, 2.05) is 0 Å². The molecule has 21 heavy (non-hydrogen) atoms. The first-order valence-corrected chi connectivity index (χ1v) is 6.88. The van der Waals surface area contributed by atoms with Gasteiger partial charge >= 0.3 is 6.18 Å². The first-order chi connectivity index (χ1) is 9.68. The van der Waals surface area contributed by atoms with E-state index in [0.29, 0.717) is 0 Å². The Hall–Kier alpha value is -0.690.